The minimum atomic E-state index is 0.188. The van der Waals surface area contributed by atoms with Crippen molar-refractivity contribution in [3.05, 3.63) is 64.0 Å². The summed E-state index contributed by atoms with van der Waals surface area (Å²) in [6.45, 7) is 0.779. The van der Waals surface area contributed by atoms with Gasteiger partial charge in [0.2, 0.25) is 0 Å². The Hall–Kier alpha value is -2.07. The highest BCUT2D eigenvalue weighted by atomic mass is 32.1. The highest BCUT2D eigenvalue weighted by Gasteiger charge is 2.22. The average molecular weight is 313 g/mol. The first-order valence-electron chi connectivity index (χ1n) is 7.38. The van der Waals surface area contributed by atoms with E-state index in [0.717, 1.165) is 30.0 Å². The molecular weight excluding hydrogens is 294 g/mol. The van der Waals surface area contributed by atoms with Crippen molar-refractivity contribution in [1.82, 2.24) is 5.32 Å². The summed E-state index contributed by atoms with van der Waals surface area (Å²) in [5, 5.41) is 5.47. The van der Waals surface area contributed by atoms with E-state index in [9.17, 15) is 4.79 Å². The van der Waals surface area contributed by atoms with Crippen LogP contribution in [-0.4, -0.2) is 12.9 Å². The number of methoxy groups -OCH3 is 1. The normalized spacial score (nSPS) is 18.0. The molecule has 1 aliphatic rings. The highest BCUT2D eigenvalue weighted by molar-refractivity contribution is 7.09. The summed E-state index contributed by atoms with van der Waals surface area (Å²) in [4.78, 5) is 13.3. The Balaban J connectivity index is 1.70. The van der Waals surface area contributed by atoms with Gasteiger partial charge in [0.1, 0.15) is 5.75 Å². The molecule has 0 fully saturated rings. The monoisotopic (exact) mass is 313 g/mol. The number of ether oxygens (including phenoxy) is 1. The zero-order chi connectivity index (χ0) is 15.4. The summed E-state index contributed by atoms with van der Waals surface area (Å²) in [6, 6.07) is 12.2. The number of carbonyl (C=O) groups is 1. The van der Waals surface area contributed by atoms with Crippen LogP contribution in [0.4, 0.5) is 0 Å². The third-order valence-electron chi connectivity index (χ3n) is 3.88. The number of ketones is 1. The molecule has 1 heterocycles. The lowest BCUT2D eigenvalue weighted by atomic mass is 9.85. The van der Waals surface area contributed by atoms with Gasteiger partial charge in [-0.2, -0.15) is 0 Å². The van der Waals surface area contributed by atoms with Crippen LogP contribution in [-0.2, 0) is 11.3 Å². The maximum atomic E-state index is 12.0. The second kappa shape index (κ2) is 6.79. The third-order valence-corrected chi connectivity index (χ3v) is 4.76. The number of hydrogen-bond acceptors (Lipinski definition) is 4. The summed E-state index contributed by atoms with van der Waals surface area (Å²) >= 11 is 1.72. The van der Waals surface area contributed by atoms with Gasteiger partial charge in [-0.05, 0) is 41.5 Å². The molecule has 0 amide bonds. The summed E-state index contributed by atoms with van der Waals surface area (Å²) in [5.74, 6) is 1.25. The maximum Gasteiger partial charge on any atom is 0.158 e. The van der Waals surface area contributed by atoms with E-state index in [0.29, 0.717) is 6.42 Å². The highest BCUT2D eigenvalue weighted by Crippen LogP contribution is 2.32. The van der Waals surface area contributed by atoms with E-state index in [4.69, 9.17) is 4.74 Å². The van der Waals surface area contributed by atoms with E-state index in [-0.39, 0.29) is 11.7 Å². The largest absolute Gasteiger partial charge is 0.497 e. The van der Waals surface area contributed by atoms with Crippen LogP contribution in [0, 0.1) is 0 Å². The first-order chi connectivity index (χ1) is 10.7. The molecule has 0 spiro atoms. The van der Waals surface area contributed by atoms with Gasteiger partial charge in [0.05, 0.1) is 7.11 Å². The molecule has 0 saturated heterocycles. The van der Waals surface area contributed by atoms with E-state index < -0.39 is 0 Å². The fraction of sp³-hybridized carbons (Fsp3) is 0.278. The molecule has 1 aromatic heterocycles. The maximum absolute atomic E-state index is 12.0. The molecule has 114 valence electrons. The lowest BCUT2D eigenvalue weighted by Crippen LogP contribution is -2.21. The van der Waals surface area contributed by atoms with Crippen LogP contribution < -0.4 is 10.1 Å². The Kier molecular flexibility index (Phi) is 4.59. The van der Waals surface area contributed by atoms with E-state index in [2.05, 4.69) is 22.8 Å². The quantitative estimate of drug-likeness (QED) is 0.910. The predicted octanol–water partition coefficient (Wildman–Crippen LogP) is 3.88. The molecule has 2 aromatic rings. The molecule has 22 heavy (non-hydrogen) atoms. The lowest BCUT2D eigenvalue weighted by molar-refractivity contribution is -0.115. The number of thiophene rings is 1. The molecule has 0 aliphatic heterocycles. The summed E-state index contributed by atoms with van der Waals surface area (Å²) < 4.78 is 5.28. The van der Waals surface area contributed by atoms with Gasteiger partial charge in [-0.25, -0.2) is 0 Å². The van der Waals surface area contributed by atoms with Crippen molar-refractivity contribution < 1.29 is 9.53 Å². The third kappa shape index (κ3) is 3.57. The smallest absolute Gasteiger partial charge is 0.158 e. The molecular formula is C18H19NO2S. The summed E-state index contributed by atoms with van der Waals surface area (Å²) in [6.07, 6.45) is 3.19. The molecule has 3 nitrogen and oxygen atoms in total. The minimum absolute atomic E-state index is 0.188. The van der Waals surface area contributed by atoms with Crippen molar-refractivity contribution >= 4 is 17.1 Å². The van der Waals surface area contributed by atoms with Crippen LogP contribution in [0.3, 0.4) is 0 Å². The van der Waals surface area contributed by atoms with Crippen molar-refractivity contribution in [2.45, 2.75) is 25.3 Å². The molecule has 1 aromatic carbocycles. The average Bonchev–Trinajstić information content (AvgIpc) is 3.06. The zero-order valence-corrected chi connectivity index (χ0v) is 13.4. The van der Waals surface area contributed by atoms with Crippen molar-refractivity contribution in [2.24, 2.45) is 0 Å². The molecule has 4 heteroatoms. The van der Waals surface area contributed by atoms with Gasteiger partial charge in [0.25, 0.3) is 0 Å². The van der Waals surface area contributed by atoms with Crippen LogP contribution in [0.25, 0.3) is 0 Å². The Morgan fingerprint density at radius 1 is 1.27 bits per heavy atom. The van der Waals surface area contributed by atoms with Crippen molar-refractivity contribution in [3.63, 3.8) is 0 Å². The first kappa shape index (κ1) is 14.9. The molecule has 1 atom stereocenters. The minimum Gasteiger partial charge on any atom is -0.497 e. The first-order valence-corrected chi connectivity index (χ1v) is 8.26. The van der Waals surface area contributed by atoms with Crippen LogP contribution in [0.2, 0.25) is 0 Å². The number of benzene rings is 1. The van der Waals surface area contributed by atoms with Gasteiger partial charge >= 0.3 is 0 Å². The zero-order valence-electron chi connectivity index (χ0n) is 12.5. The van der Waals surface area contributed by atoms with E-state index in [1.54, 1.807) is 24.5 Å². The number of rotatable bonds is 5. The number of hydrogen-bond donors (Lipinski definition) is 1. The van der Waals surface area contributed by atoms with Crippen molar-refractivity contribution in [2.75, 3.05) is 7.11 Å². The van der Waals surface area contributed by atoms with E-state index in [1.165, 1.54) is 4.88 Å². The Bertz CT molecular complexity index is 676. The SMILES string of the molecule is COc1cccc([C@H]2CC(=O)C=C(NCc3cccs3)C2)c1. The number of nitrogens with one attached hydrogen (secondary N) is 1. The van der Waals surface area contributed by atoms with E-state index >= 15 is 0 Å². The van der Waals surface area contributed by atoms with Gasteiger partial charge in [0, 0.05) is 29.6 Å². The van der Waals surface area contributed by atoms with Crippen LogP contribution in [0.15, 0.2) is 53.6 Å². The molecule has 3 rings (SSSR count). The van der Waals surface area contributed by atoms with Gasteiger partial charge in [-0.15, -0.1) is 11.3 Å². The molecule has 1 N–H and O–H groups in total. The molecule has 1 aliphatic carbocycles. The van der Waals surface area contributed by atoms with Crippen LogP contribution in [0.1, 0.15) is 29.2 Å². The van der Waals surface area contributed by atoms with Gasteiger partial charge in [-0.1, -0.05) is 18.2 Å². The molecule has 0 saturated carbocycles. The van der Waals surface area contributed by atoms with Gasteiger partial charge in [0.15, 0.2) is 5.78 Å². The van der Waals surface area contributed by atoms with Crippen molar-refractivity contribution in [3.8, 4) is 5.75 Å². The standard InChI is InChI=1S/C18H19NO2S/c1-21-17-5-2-4-13(10-17)14-8-15(11-16(20)9-14)19-12-18-6-3-7-22-18/h2-7,10-11,14,19H,8-9,12H2,1H3/t14-/m1/s1. The fourth-order valence-electron chi connectivity index (χ4n) is 2.76. The number of allylic oxidation sites excluding steroid dienone is 2. The Morgan fingerprint density at radius 3 is 2.95 bits per heavy atom. The molecule has 0 unspecified atom stereocenters. The summed E-state index contributed by atoms with van der Waals surface area (Å²) in [7, 11) is 1.67. The topological polar surface area (TPSA) is 38.3 Å². The second-order valence-corrected chi connectivity index (χ2v) is 6.48. The number of carbonyl (C=O) groups excluding carboxylic acids is 1. The lowest BCUT2D eigenvalue weighted by Gasteiger charge is -2.23. The summed E-state index contributed by atoms with van der Waals surface area (Å²) in [5.41, 5.74) is 2.19. The second-order valence-electron chi connectivity index (χ2n) is 5.45. The predicted molar refractivity (Wildman–Crippen MR) is 89.2 cm³/mol. The Labute approximate surface area is 134 Å². The van der Waals surface area contributed by atoms with E-state index in [1.807, 2.05) is 24.3 Å². The molecule has 0 radical (unpaired) electrons. The van der Waals surface area contributed by atoms with Gasteiger partial charge in [-0.3, -0.25) is 4.79 Å². The Morgan fingerprint density at radius 2 is 2.18 bits per heavy atom. The van der Waals surface area contributed by atoms with Crippen LogP contribution >= 0.6 is 11.3 Å². The fourth-order valence-corrected chi connectivity index (χ4v) is 3.41. The molecule has 0 bridgehead atoms. The van der Waals surface area contributed by atoms with Gasteiger partial charge < -0.3 is 10.1 Å². The van der Waals surface area contributed by atoms with Crippen molar-refractivity contribution in [1.29, 1.82) is 0 Å². The van der Waals surface area contributed by atoms with Crippen LogP contribution in [0.5, 0.6) is 5.75 Å².